The molecule has 1 aliphatic heterocycles. The van der Waals surface area contributed by atoms with Gasteiger partial charge in [0.05, 0.1) is 6.20 Å². The van der Waals surface area contributed by atoms with Crippen LogP contribution in [0.2, 0.25) is 0 Å². The number of aromatic nitrogens is 3. The maximum Gasteiger partial charge on any atom is 0.261 e. The van der Waals surface area contributed by atoms with E-state index in [1.165, 1.54) is 6.20 Å². The van der Waals surface area contributed by atoms with E-state index in [4.69, 9.17) is 4.74 Å². The van der Waals surface area contributed by atoms with Crippen LogP contribution in [-0.2, 0) is 6.42 Å². The summed E-state index contributed by atoms with van der Waals surface area (Å²) < 4.78 is 7.43. The Balaban J connectivity index is 1.61. The first kappa shape index (κ1) is 13.8. The first-order valence-electron chi connectivity index (χ1n) is 7.43. The summed E-state index contributed by atoms with van der Waals surface area (Å²) in [5.74, 6) is 0.655. The summed E-state index contributed by atoms with van der Waals surface area (Å²) >= 11 is 0. The Kier molecular flexibility index (Phi) is 2.87. The van der Waals surface area contributed by atoms with Gasteiger partial charge in [-0.05, 0) is 38.1 Å². The van der Waals surface area contributed by atoms with Gasteiger partial charge >= 0.3 is 0 Å². The van der Waals surface area contributed by atoms with Crippen molar-refractivity contribution in [2.24, 2.45) is 0 Å². The number of carbonyl (C=O) groups is 1. The molecular formula is C17H16N4O2. The number of carbonyl (C=O) groups excluding carboxylic acids is 1. The standard InChI is InChI=1S/C17H16N4O2/c1-17(2)9-11-8-12(4-5-14(11)23-17)20-16(22)13-10-19-21-7-3-6-18-15(13)21/h3-8,10H,9H2,1-2H3,(H,20,22). The molecule has 0 unspecified atom stereocenters. The number of hydrogen-bond donors (Lipinski definition) is 1. The Labute approximate surface area is 133 Å². The van der Waals surface area contributed by atoms with Crippen molar-refractivity contribution < 1.29 is 9.53 Å². The lowest BCUT2D eigenvalue weighted by Crippen LogP contribution is -2.24. The predicted molar refractivity (Wildman–Crippen MR) is 85.8 cm³/mol. The van der Waals surface area contributed by atoms with Crippen LogP contribution in [0.3, 0.4) is 0 Å². The number of fused-ring (bicyclic) bond motifs is 2. The van der Waals surface area contributed by atoms with Crippen LogP contribution < -0.4 is 10.1 Å². The Morgan fingerprint density at radius 3 is 3.13 bits per heavy atom. The van der Waals surface area contributed by atoms with E-state index in [1.54, 1.807) is 23.0 Å². The molecular weight excluding hydrogens is 292 g/mol. The van der Waals surface area contributed by atoms with Crippen molar-refractivity contribution >= 4 is 17.2 Å². The van der Waals surface area contributed by atoms with E-state index in [2.05, 4.69) is 29.2 Å². The average Bonchev–Trinajstić information content (AvgIpc) is 3.05. The number of rotatable bonds is 2. The average molecular weight is 308 g/mol. The molecule has 1 aliphatic rings. The number of benzene rings is 1. The number of nitrogens with one attached hydrogen (secondary N) is 1. The SMILES string of the molecule is CC1(C)Cc2cc(NC(=O)c3cnn4cccnc34)ccc2O1. The molecule has 1 N–H and O–H groups in total. The highest BCUT2D eigenvalue weighted by molar-refractivity contribution is 6.08. The van der Waals surface area contributed by atoms with Crippen molar-refractivity contribution in [1.82, 2.24) is 14.6 Å². The summed E-state index contributed by atoms with van der Waals surface area (Å²) in [7, 11) is 0. The molecule has 6 heteroatoms. The molecule has 3 aromatic rings. The van der Waals surface area contributed by atoms with E-state index in [1.807, 2.05) is 18.2 Å². The lowest BCUT2D eigenvalue weighted by molar-refractivity contribution is 0.102. The van der Waals surface area contributed by atoms with Gasteiger partial charge in [-0.15, -0.1) is 0 Å². The minimum absolute atomic E-state index is 0.197. The van der Waals surface area contributed by atoms with Crippen LogP contribution in [0.15, 0.2) is 42.9 Å². The Hall–Kier alpha value is -2.89. The monoisotopic (exact) mass is 308 g/mol. The molecule has 0 saturated carbocycles. The third kappa shape index (κ3) is 2.42. The Morgan fingerprint density at radius 2 is 2.26 bits per heavy atom. The van der Waals surface area contributed by atoms with Crippen LogP contribution in [0.25, 0.3) is 5.65 Å². The zero-order chi connectivity index (χ0) is 16.0. The molecule has 1 aromatic carbocycles. The normalized spacial score (nSPS) is 15.2. The van der Waals surface area contributed by atoms with Gasteiger partial charge in [-0.25, -0.2) is 9.50 Å². The molecule has 0 aliphatic carbocycles. The summed E-state index contributed by atoms with van der Waals surface area (Å²) in [6, 6.07) is 7.47. The van der Waals surface area contributed by atoms with Crippen LogP contribution >= 0.6 is 0 Å². The molecule has 0 fully saturated rings. The molecule has 0 saturated heterocycles. The lowest BCUT2D eigenvalue weighted by Gasteiger charge is -2.16. The van der Waals surface area contributed by atoms with Gasteiger partial charge in [0.1, 0.15) is 16.9 Å². The van der Waals surface area contributed by atoms with Crippen molar-refractivity contribution in [1.29, 1.82) is 0 Å². The second kappa shape index (κ2) is 4.81. The molecule has 23 heavy (non-hydrogen) atoms. The zero-order valence-corrected chi connectivity index (χ0v) is 12.9. The topological polar surface area (TPSA) is 68.5 Å². The van der Waals surface area contributed by atoms with Crippen LogP contribution in [0.5, 0.6) is 5.75 Å². The second-order valence-electron chi connectivity index (χ2n) is 6.26. The van der Waals surface area contributed by atoms with Crippen molar-refractivity contribution in [2.75, 3.05) is 5.32 Å². The van der Waals surface area contributed by atoms with Crippen LogP contribution in [0.1, 0.15) is 29.8 Å². The van der Waals surface area contributed by atoms with E-state index < -0.39 is 0 Å². The Bertz CT molecular complexity index is 914. The zero-order valence-electron chi connectivity index (χ0n) is 12.9. The molecule has 6 nitrogen and oxygen atoms in total. The van der Waals surface area contributed by atoms with Gasteiger partial charge in [0, 0.05) is 30.1 Å². The molecule has 0 bridgehead atoms. The van der Waals surface area contributed by atoms with E-state index >= 15 is 0 Å². The van der Waals surface area contributed by atoms with E-state index in [0.717, 1.165) is 23.4 Å². The van der Waals surface area contributed by atoms with Gasteiger partial charge in [-0.3, -0.25) is 4.79 Å². The highest BCUT2D eigenvalue weighted by atomic mass is 16.5. The van der Waals surface area contributed by atoms with Crippen molar-refractivity contribution in [3.8, 4) is 5.75 Å². The minimum atomic E-state index is -0.225. The summed E-state index contributed by atoms with van der Waals surface area (Å²) in [5, 5.41) is 7.04. The van der Waals surface area contributed by atoms with Gasteiger partial charge in [-0.1, -0.05) is 0 Å². The molecule has 4 rings (SSSR count). The smallest absolute Gasteiger partial charge is 0.261 e. The molecule has 0 spiro atoms. The fraction of sp³-hybridized carbons (Fsp3) is 0.235. The first-order chi connectivity index (χ1) is 11.0. The highest BCUT2D eigenvalue weighted by Crippen LogP contribution is 2.36. The fourth-order valence-corrected chi connectivity index (χ4v) is 2.87. The minimum Gasteiger partial charge on any atom is -0.487 e. The van der Waals surface area contributed by atoms with E-state index in [9.17, 15) is 4.79 Å². The van der Waals surface area contributed by atoms with Gasteiger partial charge < -0.3 is 10.1 Å². The van der Waals surface area contributed by atoms with E-state index in [0.29, 0.717) is 11.2 Å². The Morgan fingerprint density at radius 1 is 1.39 bits per heavy atom. The largest absolute Gasteiger partial charge is 0.487 e. The quantitative estimate of drug-likeness (QED) is 0.790. The van der Waals surface area contributed by atoms with E-state index in [-0.39, 0.29) is 11.5 Å². The molecule has 1 amide bonds. The number of ether oxygens (including phenoxy) is 1. The number of nitrogens with zero attached hydrogens (tertiary/aromatic N) is 3. The van der Waals surface area contributed by atoms with Crippen LogP contribution in [0.4, 0.5) is 5.69 Å². The predicted octanol–water partition coefficient (Wildman–Crippen LogP) is 2.70. The fourth-order valence-electron chi connectivity index (χ4n) is 2.87. The van der Waals surface area contributed by atoms with Crippen molar-refractivity contribution in [3.05, 3.63) is 54.0 Å². The summed E-state index contributed by atoms with van der Waals surface area (Å²) in [4.78, 5) is 16.7. The maximum atomic E-state index is 12.5. The first-order valence-corrected chi connectivity index (χ1v) is 7.43. The third-order valence-corrected chi connectivity index (χ3v) is 3.84. The maximum absolute atomic E-state index is 12.5. The van der Waals surface area contributed by atoms with Gasteiger partial charge in [0.25, 0.3) is 5.91 Å². The summed E-state index contributed by atoms with van der Waals surface area (Å²) in [6.07, 6.45) is 5.75. The van der Waals surface area contributed by atoms with Crippen molar-refractivity contribution in [3.63, 3.8) is 0 Å². The second-order valence-corrected chi connectivity index (χ2v) is 6.26. The number of amides is 1. The number of anilines is 1. The lowest BCUT2D eigenvalue weighted by atomic mass is 10.0. The van der Waals surface area contributed by atoms with Crippen molar-refractivity contribution in [2.45, 2.75) is 25.9 Å². The molecule has 3 heterocycles. The number of hydrogen-bond acceptors (Lipinski definition) is 4. The molecule has 0 atom stereocenters. The van der Waals surface area contributed by atoms with Gasteiger partial charge in [0.2, 0.25) is 0 Å². The summed E-state index contributed by atoms with van der Waals surface area (Å²) in [5.41, 5.74) is 2.63. The summed E-state index contributed by atoms with van der Waals surface area (Å²) in [6.45, 7) is 4.10. The molecule has 2 aromatic heterocycles. The molecule has 116 valence electrons. The van der Waals surface area contributed by atoms with Gasteiger partial charge in [-0.2, -0.15) is 5.10 Å². The highest BCUT2D eigenvalue weighted by Gasteiger charge is 2.30. The van der Waals surface area contributed by atoms with Gasteiger partial charge in [0.15, 0.2) is 5.65 Å². The van der Waals surface area contributed by atoms with Crippen LogP contribution in [-0.4, -0.2) is 26.1 Å². The third-order valence-electron chi connectivity index (χ3n) is 3.84. The van der Waals surface area contributed by atoms with Crippen LogP contribution in [0, 0.1) is 0 Å². The molecule has 0 radical (unpaired) electrons.